The van der Waals surface area contributed by atoms with Crippen LogP contribution < -0.4 is 11.1 Å². The van der Waals surface area contributed by atoms with Crippen molar-refractivity contribution in [1.82, 2.24) is 24.8 Å². The minimum Gasteiger partial charge on any atom is -0.387 e. The number of aliphatic hydroxyl groups is 1. The number of alkyl halides is 1. The predicted molar refractivity (Wildman–Crippen MR) is 127 cm³/mol. The number of carbonyl (C=O) groups is 2. The van der Waals surface area contributed by atoms with E-state index in [1.807, 2.05) is 0 Å². The zero-order chi connectivity index (χ0) is 26.0. The summed E-state index contributed by atoms with van der Waals surface area (Å²) in [7, 11) is 1.52. The first-order valence-electron chi connectivity index (χ1n) is 11.2. The van der Waals surface area contributed by atoms with E-state index in [-0.39, 0.29) is 36.4 Å². The van der Waals surface area contributed by atoms with E-state index in [0.29, 0.717) is 28.6 Å². The van der Waals surface area contributed by atoms with Crippen molar-refractivity contribution in [1.29, 1.82) is 0 Å². The molecule has 3 aromatic rings. The molecule has 5 atom stereocenters. The van der Waals surface area contributed by atoms with Crippen LogP contribution >= 0.6 is 11.6 Å². The van der Waals surface area contributed by atoms with Crippen LogP contribution in [0.2, 0.25) is 5.28 Å². The number of amides is 1. The molecule has 1 aromatic carbocycles. The molecule has 1 fully saturated rings. The Labute approximate surface area is 210 Å². The van der Waals surface area contributed by atoms with E-state index >= 15 is 4.39 Å². The molecule has 1 aliphatic heterocycles. The van der Waals surface area contributed by atoms with Crippen LogP contribution in [-0.4, -0.2) is 81.0 Å². The number of ether oxygens (including phenoxy) is 2. The summed E-state index contributed by atoms with van der Waals surface area (Å²) in [4.78, 5) is 36.3. The summed E-state index contributed by atoms with van der Waals surface area (Å²) in [5.74, 6) is -0.279. The van der Waals surface area contributed by atoms with Gasteiger partial charge in [0.05, 0.1) is 18.6 Å². The third-order valence-electron chi connectivity index (χ3n) is 6.15. The highest BCUT2D eigenvalue weighted by molar-refractivity contribution is 6.28. The van der Waals surface area contributed by atoms with Crippen molar-refractivity contribution in [2.24, 2.45) is 5.73 Å². The number of rotatable bonds is 9. The van der Waals surface area contributed by atoms with E-state index in [1.165, 1.54) is 17.9 Å². The molecule has 4 N–H and O–H groups in total. The molecule has 13 heteroatoms. The SMILES string of the molecule is CNC(=O)c1cccc(CC(C=O)(CN)OC[C@H]2O[C@@H](n3cnc4c(C)nc(Cl)nc43)[C@@H](F)[C@@H]2O)c1. The minimum atomic E-state index is -1.84. The molecule has 1 aliphatic rings. The van der Waals surface area contributed by atoms with Gasteiger partial charge in [0.25, 0.3) is 5.91 Å². The lowest BCUT2D eigenvalue weighted by atomic mass is 9.94. The number of fused-ring (bicyclic) bond motifs is 1. The molecule has 1 saturated heterocycles. The largest absolute Gasteiger partial charge is 0.387 e. The number of aromatic nitrogens is 4. The van der Waals surface area contributed by atoms with Crippen molar-refractivity contribution < 1.29 is 28.6 Å². The second kappa shape index (κ2) is 10.5. The van der Waals surface area contributed by atoms with Gasteiger partial charge in [0.1, 0.15) is 23.3 Å². The topological polar surface area (TPSA) is 154 Å². The number of aliphatic hydroxyl groups excluding tert-OH is 1. The summed E-state index contributed by atoms with van der Waals surface area (Å²) in [5, 5.41) is 13.0. The van der Waals surface area contributed by atoms with Gasteiger partial charge in [-0.25, -0.2) is 14.4 Å². The smallest absolute Gasteiger partial charge is 0.251 e. The van der Waals surface area contributed by atoms with Crippen LogP contribution in [-0.2, 0) is 20.7 Å². The van der Waals surface area contributed by atoms with Crippen LogP contribution in [0.3, 0.4) is 0 Å². The highest BCUT2D eigenvalue weighted by atomic mass is 35.5. The van der Waals surface area contributed by atoms with Gasteiger partial charge in [-0.3, -0.25) is 9.36 Å². The Balaban J connectivity index is 1.51. The second-order valence-corrected chi connectivity index (χ2v) is 8.89. The molecule has 0 aliphatic carbocycles. The lowest BCUT2D eigenvalue weighted by molar-refractivity contribution is -0.141. The highest BCUT2D eigenvalue weighted by Gasteiger charge is 2.47. The van der Waals surface area contributed by atoms with Crippen molar-refractivity contribution >= 4 is 35.0 Å². The van der Waals surface area contributed by atoms with Gasteiger partial charge < -0.3 is 30.4 Å². The molecular weight excluding hydrogens is 495 g/mol. The summed E-state index contributed by atoms with van der Waals surface area (Å²) in [6, 6.07) is 6.68. The van der Waals surface area contributed by atoms with Gasteiger partial charge in [-0.05, 0) is 36.2 Å². The van der Waals surface area contributed by atoms with E-state index in [4.69, 9.17) is 26.8 Å². The Morgan fingerprint density at radius 1 is 1.44 bits per heavy atom. The number of carbonyl (C=O) groups excluding carboxylic acids is 2. The molecule has 0 saturated carbocycles. The van der Waals surface area contributed by atoms with E-state index in [0.717, 1.165) is 0 Å². The van der Waals surface area contributed by atoms with Crippen LogP contribution in [0.5, 0.6) is 0 Å². The third kappa shape index (κ3) is 4.95. The van der Waals surface area contributed by atoms with Crippen molar-refractivity contribution in [3.63, 3.8) is 0 Å². The molecule has 192 valence electrons. The van der Waals surface area contributed by atoms with Crippen LogP contribution in [0.15, 0.2) is 30.6 Å². The third-order valence-corrected chi connectivity index (χ3v) is 6.32. The molecule has 0 radical (unpaired) electrons. The molecular formula is C23H26ClFN6O5. The van der Waals surface area contributed by atoms with Gasteiger partial charge in [-0.15, -0.1) is 0 Å². The first-order valence-corrected chi connectivity index (χ1v) is 11.6. The maximum atomic E-state index is 15.1. The number of nitrogens with one attached hydrogen (secondary N) is 1. The van der Waals surface area contributed by atoms with Crippen molar-refractivity contribution in [2.45, 2.75) is 43.6 Å². The van der Waals surface area contributed by atoms with E-state index < -0.39 is 30.2 Å². The Morgan fingerprint density at radius 2 is 2.22 bits per heavy atom. The monoisotopic (exact) mass is 520 g/mol. The molecule has 3 heterocycles. The number of halogens is 2. The Bertz CT molecular complexity index is 1280. The molecule has 2 aromatic heterocycles. The molecule has 0 spiro atoms. The zero-order valence-electron chi connectivity index (χ0n) is 19.6. The average Bonchev–Trinajstić information content (AvgIpc) is 3.42. The lowest BCUT2D eigenvalue weighted by Gasteiger charge is -2.29. The van der Waals surface area contributed by atoms with Gasteiger partial charge in [-0.2, -0.15) is 4.98 Å². The number of nitrogens with two attached hydrogens (primary N) is 1. The maximum Gasteiger partial charge on any atom is 0.251 e. The highest BCUT2D eigenvalue weighted by Crippen LogP contribution is 2.35. The average molecular weight is 521 g/mol. The summed E-state index contributed by atoms with van der Waals surface area (Å²) < 4.78 is 28.1. The molecule has 1 amide bonds. The number of hydrogen-bond donors (Lipinski definition) is 3. The number of aldehydes is 1. The van der Waals surface area contributed by atoms with Gasteiger partial charge in [0.2, 0.25) is 5.28 Å². The lowest BCUT2D eigenvalue weighted by Crippen LogP contribution is -2.47. The van der Waals surface area contributed by atoms with Crippen LogP contribution in [0.1, 0.15) is 27.8 Å². The van der Waals surface area contributed by atoms with E-state index in [9.17, 15) is 14.7 Å². The predicted octanol–water partition coefficient (Wildman–Crippen LogP) is 0.900. The molecule has 36 heavy (non-hydrogen) atoms. The summed E-state index contributed by atoms with van der Waals surface area (Å²) in [5.41, 5.74) is 6.65. The molecule has 11 nitrogen and oxygen atoms in total. The second-order valence-electron chi connectivity index (χ2n) is 8.56. The fourth-order valence-corrected chi connectivity index (χ4v) is 4.35. The normalized spacial score (nSPS) is 23.5. The Morgan fingerprint density at radius 3 is 2.92 bits per heavy atom. The number of nitrogens with zero attached hydrogens (tertiary/aromatic N) is 4. The fraction of sp³-hybridized carbons (Fsp3) is 0.435. The molecule has 4 rings (SSSR count). The van der Waals surface area contributed by atoms with Crippen LogP contribution in [0.25, 0.3) is 11.2 Å². The number of benzene rings is 1. The van der Waals surface area contributed by atoms with Gasteiger partial charge in [0.15, 0.2) is 24.3 Å². The molecule has 0 bridgehead atoms. The van der Waals surface area contributed by atoms with E-state index in [2.05, 4.69) is 20.3 Å². The molecule has 1 unspecified atom stereocenters. The number of imidazole rings is 1. The van der Waals surface area contributed by atoms with Gasteiger partial charge in [0, 0.05) is 25.6 Å². The summed E-state index contributed by atoms with van der Waals surface area (Å²) in [6.45, 7) is 1.19. The minimum absolute atomic E-state index is 0.0326. The van der Waals surface area contributed by atoms with Crippen molar-refractivity contribution in [3.8, 4) is 0 Å². The van der Waals surface area contributed by atoms with Gasteiger partial charge in [-0.1, -0.05) is 12.1 Å². The number of aryl methyl sites for hydroxylation is 1. The summed E-state index contributed by atoms with van der Waals surface area (Å²) >= 11 is 5.95. The van der Waals surface area contributed by atoms with Crippen LogP contribution in [0.4, 0.5) is 4.39 Å². The van der Waals surface area contributed by atoms with E-state index in [1.54, 1.807) is 31.2 Å². The fourth-order valence-electron chi connectivity index (χ4n) is 4.14. The zero-order valence-corrected chi connectivity index (χ0v) is 20.4. The summed E-state index contributed by atoms with van der Waals surface area (Å²) in [6.07, 6.45) is -3.78. The Hall–Kier alpha value is -3.03. The first-order chi connectivity index (χ1) is 17.2. The number of hydrogen-bond acceptors (Lipinski definition) is 9. The standard InChI is InChI=1S/C23H26ClFN6O5/c1-12-17-19(30-22(24)29-12)31(11-28-17)21-16(25)18(33)15(36-21)8-35-23(9-26,10-32)7-13-4-3-5-14(6-13)20(34)27-2/h3-6,10-11,15-16,18,21,33H,7-9,26H2,1-2H3,(H,27,34)/t15-,16+,18-,21-,23?/m1/s1. The Kier molecular flexibility index (Phi) is 7.62. The first kappa shape index (κ1) is 26.0. The van der Waals surface area contributed by atoms with Crippen molar-refractivity contribution in [2.75, 3.05) is 20.2 Å². The van der Waals surface area contributed by atoms with Crippen LogP contribution in [0, 0.1) is 6.92 Å². The van der Waals surface area contributed by atoms with Crippen molar-refractivity contribution in [3.05, 3.63) is 52.7 Å². The maximum absolute atomic E-state index is 15.1. The van der Waals surface area contributed by atoms with Gasteiger partial charge >= 0.3 is 0 Å². The quantitative estimate of drug-likeness (QED) is 0.275.